The van der Waals surface area contributed by atoms with Crippen LogP contribution in [-0.2, 0) is 11.3 Å². The number of benzene rings is 2. The van der Waals surface area contributed by atoms with E-state index in [2.05, 4.69) is 15.9 Å². The minimum Gasteiger partial charge on any atom is -0.496 e. The van der Waals surface area contributed by atoms with Crippen LogP contribution in [0.25, 0.3) is 6.08 Å². The van der Waals surface area contributed by atoms with Gasteiger partial charge in [-0.1, -0.05) is 12.1 Å². The molecule has 0 radical (unpaired) electrons. The summed E-state index contributed by atoms with van der Waals surface area (Å²) in [6.07, 6.45) is 6.08. The Morgan fingerprint density at radius 1 is 1.03 bits per heavy atom. The van der Waals surface area contributed by atoms with E-state index in [1.54, 1.807) is 13.2 Å². The van der Waals surface area contributed by atoms with Gasteiger partial charge in [0.2, 0.25) is 0 Å². The molecule has 2 heterocycles. The quantitative estimate of drug-likeness (QED) is 0.513. The molecule has 5 heteroatoms. The first-order valence-corrected chi connectivity index (χ1v) is 10.8. The third-order valence-electron chi connectivity index (χ3n) is 5.85. The molecule has 4 rings (SSSR count). The van der Waals surface area contributed by atoms with Crippen molar-refractivity contribution in [1.82, 2.24) is 4.90 Å². The summed E-state index contributed by atoms with van der Waals surface area (Å²) in [5.74, 6) is 0.921. The molecule has 0 amide bonds. The fourth-order valence-corrected chi connectivity index (χ4v) is 4.13. The lowest BCUT2D eigenvalue weighted by molar-refractivity contribution is 0.104. The largest absolute Gasteiger partial charge is 0.496 e. The van der Waals surface area contributed by atoms with Crippen molar-refractivity contribution in [3.63, 3.8) is 0 Å². The van der Waals surface area contributed by atoms with Crippen molar-refractivity contribution < 1.29 is 14.3 Å². The third-order valence-corrected chi connectivity index (χ3v) is 5.85. The highest BCUT2D eigenvalue weighted by molar-refractivity contribution is 6.07. The number of ketones is 1. The molecule has 2 aliphatic heterocycles. The van der Waals surface area contributed by atoms with E-state index in [1.807, 2.05) is 42.5 Å². The summed E-state index contributed by atoms with van der Waals surface area (Å²) in [5, 5.41) is 0. The normalized spacial score (nSPS) is 17.6. The molecule has 0 aliphatic carbocycles. The monoisotopic (exact) mass is 406 g/mol. The van der Waals surface area contributed by atoms with Crippen LogP contribution in [0.3, 0.4) is 0 Å². The molecule has 2 saturated heterocycles. The standard InChI is InChI=1S/C25H30N2O3/c1-29-25-11-5-20(18-22(25)19-26-12-2-3-13-26)4-10-24(28)21-6-8-23(9-7-21)27-14-16-30-17-15-27/h4-11,18H,2-3,12-17,19H2,1H3/b10-4+. The number of rotatable bonds is 7. The average Bonchev–Trinajstić information content (AvgIpc) is 3.31. The van der Waals surface area contributed by atoms with Crippen LogP contribution in [0.5, 0.6) is 5.75 Å². The van der Waals surface area contributed by atoms with Crippen LogP contribution in [0.1, 0.15) is 34.3 Å². The van der Waals surface area contributed by atoms with Gasteiger partial charge in [0.15, 0.2) is 5.78 Å². The van der Waals surface area contributed by atoms with Crippen LogP contribution in [0, 0.1) is 0 Å². The average molecular weight is 407 g/mol. The number of anilines is 1. The summed E-state index contributed by atoms with van der Waals surface area (Å²) in [7, 11) is 1.71. The molecule has 2 aliphatic rings. The van der Waals surface area contributed by atoms with Crippen molar-refractivity contribution >= 4 is 17.5 Å². The molecule has 0 bridgehead atoms. The zero-order valence-corrected chi connectivity index (χ0v) is 17.7. The molecule has 2 aromatic rings. The molecule has 0 atom stereocenters. The lowest BCUT2D eigenvalue weighted by Gasteiger charge is -2.28. The Hall–Kier alpha value is -2.63. The zero-order chi connectivity index (χ0) is 20.8. The molecule has 0 spiro atoms. The highest BCUT2D eigenvalue weighted by Crippen LogP contribution is 2.24. The van der Waals surface area contributed by atoms with Crippen LogP contribution < -0.4 is 9.64 Å². The summed E-state index contributed by atoms with van der Waals surface area (Å²) in [4.78, 5) is 17.4. The van der Waals surface area contributed by atoms with Gasteiger partial charge >= 0.3 is 0 Å². The van der Waals surface area contributed by atoms with E-state index in [9.17, 15) is 4.79 Å². The van der Waals surface area contributed by atoms with E-state index in [0.29, 0.717) is 5.56 Å². The first kappa shape index (κ1) is 20.6. The number of hydrogen-bond donors (Lipinski definition) is 0. The number of ether oxygens (including phenoxy) is 2. The van der Waals surface area contributed by atoms with Gasteiger partial charge in [-0.25, -0.2) is 0 Å². The minimum atomic E-state index is 0.0143. The van der Waals surface area contributed by atoms with Crippen molar-refractivity contribution in [2.24, 2.45) is 0 Å². The van der Waals surface area contributed by atoms with Crippen molar-refractivity contribution in [3.05, 3.63) is 65.2 Å². The Balaban J connectivity index is 1.42. The Morgan fingerprint density at radius 2 is 1.77 bits per heavy atom. The van der Waals surface area contributed by atoms with E-state index in [0.717, 1.165) is 62.9 Å². The van der Waals surface area contributed by atoms with Gasteiger partial charge in [-0.05, 0) is 74.0 Å². The van der Waals surface area contributed by atoms with Gasteiger partial charge in [0, 0.05) is 36.4 Å². The van der Waals surface area contributed by atoms with Crippen LogP contribution >= 0.6 is 0 Å². The van der Waals surface area contributed by atoms with Gasteiger partial charge in [0.25, 0.3) is 0 Å². The van der Waals surface area contributed by atoms with Gasteiger partial charge in [-0.2, -0.15) is 0 Å². The van der Waals surface area contributed by atoms with Crippen LogP contribution in [0.4, 0.5) is 5.69 Å². The molecular weight excluding hydrogens is 376 g/mol. The van der Waals surface area contributed by atoms with Gasteiger partial charge in [-0.15, -0.1) is 0 Å². The molecule has 2 fully saturated rings. The fraction of sp³-hybridized carbons (Fsp3) is 0.400. The summed E-state index contributed by atoms with van der Waals surface area (Å²) in [5.41, 5.74) is 4.03. The van der Waals surface area contributed by atoms with Crippen molar-refractivity contribution in [2.45, 2.75) is 19.4 Å². The van der Waals surface area contributed by atoms with Gasteiger partial charge in [0.05, 0.1) is 20.3 Å². The lowest BCUT2D eigenvalue weighted by Crippen LogP contribution is -2.36. The second-order valence-corrected chi connectivity index (χ2v) is 7.90. The topological polar surface area (TPSA) is 42.0 Å². The molecular formula is C25H30N2O3. The van der Waals surface area contributed by atoms with Crippen molar-refractivity contribution in [3.8, 4) is 5.75 Å². The van der Waals surface area contributed by atoms with Gasteiger partial charge < -0.3 is 14.4 Å². The predicted molar refractivity (Wildman–Crippen MR) is 120 cm³/mol. The molecule has 0 aromatic heterocycles. The zero-order valence-electron chi connectivity index (χ0n) is 17.7. The van der Waals surface area contributed by atoms with Gasteiger partial charge in [0.1, 0.15) is 5.75 Å². The number of methoxy groups -OCH3 is 1. The van der Waals surface area contributed by atoms with Crippen LogP contribution in [0.15, 0.2) is 48.5 Å². The number of likely N-dealkylation sites (tertiary alicyclic amines) is 1. The summed E-state index contributed by atoms with van der Waals surface area (Å²) in [6.45, 7) is 6.47. The molecule has 5 nitrogen and oxygen atoms in total. The number of morpholine rings is 1. The smallest absolute Gasteiger partial charge is 0.185 e. The molecule has 2 aromatic carbocycles. The molecule has 0 N–H and O–H groups in total. The second-order valence-electron chi connectivity index (χ2n) is 7.90. The third kappa shape index (κ3) is 5.10. The van der Waals surface area contributed by atoms with Crippen LogP contribution in [-0.4, -0.2) is 57.2 Å². The van der Waals surface area contributed by atoms with E-state index in [4.69, 9.17) is 9.47 Å². The number of nitrogens with zero attached hydrogens (tertiary/aromatic N) is 2. The van der Waals surface area contributed by atoms with Gasteiger partial charge in [-0.3, -0.25) is 9.69 Å². The van der Waals surface area contributed by atoms with Crippen molar-refractivity contribution in [2.75, 3.05) is 51.4 Å². The van der Waals surface area contributed by atoms with E-state index < -0.39 is 0 Å². The lowest BCUT2D eigenvalue weighted by atomic mass is 10.1. The number of carbonyl (C=O) groups is 1. The minimum absolute atomic E-state index is 0.0143. The highest BCUT2D eigenvalue weighted by Gasteiger charge is 2.15. The summed E-state index contributed by atoms with van der Waals surface area (Å²) >= 11 is 0. The van der Waals surface area contributed by atoms with Crippen molar-refractivity contribution in [1.29, 1.82) is 0 Å². The SMILES string of the molecule is COc1ccc(/C=C/C(=O)c2ccc(N3CCOCC3)cc2)cc1CN1CCCC1. The maximum Gasteiger partial charge on any atom is 0.185 e. The highest BCUT2D eigenvalue weighted by atomic mass is 16.5. The predicted octanol–water partition coefficient (Wildman–Crippen LogP) is 4.02. The number of hydrogen-bond acceptors (Lipinski definition) is 5. The Labute approximate surface area is 178 Å². The Kier molecular flexibility index (Phi) is 6.82. The first-order chi connectivity index (χ1) is 14.7. The fourth-order valence-electron chi connectivity index (χ4n) is 4.13. The van der Waals surface area contributed by atoms with E-state index in [-0.39, 0.29) is 5.78 Å². The van der Waals surface area contributed by atoms with E-state index in [1.165, 1.54) is 18.4 Å². The Morgan fingerprint density at radius 3 is 2.47 bits per heavy atom. The number of carbonyl (C=O) groups excluding carboxylic acids is 1. The summed E-state index contributed by atoms with van der Waals surface area (Å²) in [6, 6.07) is 14.0. The molecule has 158 valence electrons. The first-order valence-electron chi connectivity index (χ1n) is 10.8. The molecule has 30 heavy (non-hydrogen) atoms. The van der Waals surface area contributed by atoms with E-state index >= 15 is 0 Å². The maximum absolute atomic E-state index is 12.6. The Bertz CT molecular complexity index is 880. The summed E-state index contributed by atoms with van der Waals surface area (Å²) < 4.78 is 10.9. The second kappa shape index (κ2) is 9.92. The number of allylic oxidation sites excluding steroid dienone is 1. The van der Waals surface area contributed by atoms with Crippen LogP contribution in [0.2, 0.25) is 0 Å². The maximum atomic E-state index is 12.6. The molecule has 0 unspecified atom stereocenters. The molecule has 0 saturated carbocycles.